The van der Waals surface area contributed by atoms with E-state index in [9.17, 15) is 9.59 Å². The van der Waals surface area contributed by atoms with E-state index in [4.69, 9.17) is 11.6 Å². The predicted molar refractivity (Wildman–Crippen MR) is 90.3 cm³/mol. The van der Waals surface area contributed by atoms with Gasteiger partial charge in [-0.1, -0.05) is 29.8 Å². The normalized spacial score (nSPS) is 24.5. The van der Waals surface area contributed by atoms with Crippen LogP contribution in [0.1, 0.15) is 38.2 Å². The summed E-state index contributed by atoms with van der Waals surface area (Å²) in [6.45, 7) is 4.10. The van der Waals surface area contributed by atoms with Crippen LogP contribution < -0.4 is 0 Å². The van der Waals surface area contributed by atoms with Gasteiger partial charge in [0.2, 0.25) is 11.8 Å². The predicted octanol–water partition coefficient (Wildman–Crippen LogP) is 2.89. The zero-order chi connectivity index (χ0) is 16.4. The van der Waals surface area contributed by atoms with Crippen LogP contribution in [-0.2, 0) is 16.0 Å². The van der Waals surface area contributed by atoms with Gasteiger partial charge in [-0.05, 0) is 44.2 Å². The third-order valence-electron chi connectivity index (χ3n) is 5.14. The Morgan fingerprint density at radius 1 is 1.26 bits per heavy atom. The lowest BCUT2D eigenvalue weighted by Crippen LogP contribution is -2.55. The molecule has 0 aromatic heterocycles. The van der Waals surface area contributed by atoms with Crippen molar-refractivity contribution in [2.45, 2.75) is 44.6 Å². The number of halogens is 1. The lowest BCUT2D eigenvalue weighted by Gasteiger charge is -2.37. The summed E-state index contributed by atoms with van der Waals surface area (Å²) in [6.07, 6.45) is 3.88. The molecule has 1 aromatic rings. The van der Waals surface area contributed by atoms with Gasteiger partial charge < -0.3 is 9.80 Å². The first-order valence-corrected chi connectivity index (χ1v) is 8.73. The number of benzene rings is 1. The number of amides is 2. The summed E-state index contributed by atoms with van der Waals surface area (Å²) in [5.41, 5.74) is 0.327. The third kappa shape index (κ3) is 3.09. The fourth-order valence-electron chi connectivity index (χ4n) is 3.68. The molecule has 2 amide bonds. The second-order valence-electron chi connectivity index (χ2n) is 6.66. The van der Waals surface area contributed by atoms with Crippen molar-refractivity contribution in [1.82, 2.24) is 9.80 Å². The maximum atomic E-state index is 12.9. The molecule has 2 fully saturated rings. The van der Waals surface area contributed by atoms with Crippen LogP contribution in [0.3, 0.4) is 0 Å². The van der Waals surface area contributed by atoms with Crippen molar-refractivity contribution in [1.29, 1.82) is 0 Å². The van der Waals surface area contributed by atoms with Gasteiger partial charge in [0.15, 0.2) is 0 Å². The van der Waals surface area contributed by atoms with Crippen LogP contribution in [0.15, 0.2) is 24.3 Å². The van der Waals surface area contributed by atoms with Crippen molar-refractivity contribution in [2.75, 3.05) is 19.6 Å². The van der Waals surface area contributed by atoms with Gasteiger partial charge in [-0.2, -0.15) is 0 Å². The standard InChI is InChI=1S/C18H23ClN2O2/c1-18(17(23)20-11-4-5-12-20)10-8-16(22)21(18)13-9-14-6-2-3-7-15(14)19/h2-3,6-7H,4-5,8-13H2,1H3/t18-/m0/s1. The Morgan fingerprint density at radius 2 is 1.96 bits per heavy atom. The fourth-order valence-corrected chi connectivity index (χ4v) is 3.91. The zero-order valence-corrected chi connectivity index (χ0v) is 14.3. The number of carbonyl (C=O) groups excluding carboxylic acids is 2. The van der Waals surface area contributed by atoms with Gasteiger partial charge in [0.25, 0.3) is 0 Å². The molecule has 0 bridgehead atoms. The molecule has 2 saturated heterocycles. The quantitative estimate of drug-likeness (QED) is 0.849. The highest BCUT2D eigenvalue weighted by Gasteiger charge is 2.48. The van der Waals surface area contributed by atoms with E-state index < -0.39 is 5.54 Å². The molecule has 1 aromatic carbocycles. The van der Waals surface area contributed by atoms with Gasteiger partial charge in [-0.3, -0.25) is 9.59 Å². The van der Waals surface area contributed by atoms with Crippen LogP contribution in [0, 0.1) is 0 Å². The van der Waals surface area contributed by atoms with Gasteiger partial charge in [0.1, 0.15) is 5.54 Å². The number of carbonyl (C=O) groups is 2. The fraction of sp³-hybridized carbons (Fsp3) is 0.556. The molecule has 1 atom stereocenters. The highest BCUT2D eigenvalue weighted by atomic mass is 35.5. The van der Waals surface area contributed by atoms with Crippen molar-refractivity contribution in [3.05, 3.63) is 34.9 Å². The van der Waals surface area contributed by atoms with Gasteiger partial charge in [-0.25, -0.2) is 0 Å². The molecule has 2 aliphatic rings. The lowest BCUT2D eigenvalue weighted by molar-refractivity contribution is -0.146. The molecule has 3 rings (SSSR count). The van der Waals surface area contributed by atoms with Crippen LogP contribution in [0.25, 0.3) is 0 Å². The maximum Gasteiger partial charge on any atom is 0.248 e. The number of rotatable bonds is 4. The van der Waals surface area contributed by atoms with Crippen molar-refractivity contribution < 1.29 is 9.59 Å². The summed E-state index contributed by atoms with van der Waals surface area (Å²) in [5.74, 6) is 0.187. The molecule has 0 radical (unpaired) electrons. The van der Waals surface area contributed by atoms with E-state index in [-0.39, 0.29) is 11.8 Å². The molecule has 2 aliphatic heterocycles. The highest BCUT2D eigenvalue weighted by molar-refractivity contribution is 6.31. The minimum Gasteiger partial charge on any atom is -0.341 e. The molecule has 2 heterocycles. The summed E-state index contributed by atoms with van der Waals surface area (Å²) in [5, 5.41) is 0.715. The molecule has 0 N–H and O–H groups in total. The summed E-state index contributed by atoms with van der Waals surface area (Å²) >= 11 is 6.20. The van der Waals surface area contributed by atoms with Crippen LogP contribution >= 0.6 is 11.6 Å². The highest BCUT2D eigenvalue weighted by Crippen LogP contribution is 2.33. The monoisotopic (exact) mass is 334 g/mol. The maximum absolute atomic E-state index is 12.9. The number of nitrogens with zero attached hydrogens (tertiary/aromatic N) is 2. The van der Waals surface area contributed by atoms with Gasteiger partial charge in [0.05, 0.1) is 0 Å². The van der Waals surface area contributed by atoms with E-state index in [2.05, 4.69) is 0 Å². The van der Waals surface area contributed by atoms with E-state index in [0.717, 1.165) is 31.5 Å². The Balaban J connectivity index is 1.74. The molecular formula is C18H23ClN2O2. The minimum absolute atomic E-state index is 0.0760. The Labute approximate surface area is 142 Å². The van der Waals surface area contributed by atoms with Crippen molar-refractivity contribution in [3.8, 4) is 0 Å². The van der Waals surface area contributed by atoms with Gasteiger partial charge >= 0.3 is 0 Å². The van der Waals surface area contributed by atoms with E-state index in [1.807, 2.05) is 36.1 Å². The summed E-state index contributed by atoms with van der Waals surface area (Å²) in [6, 6.07) is 7.68. The number of hydrogen-bond acceptors (Lipinski definition) is 2. The average molecular weight is 335 g/mol. The second-order valence-corrected chi connectivity index (χ2v) is 7.07. The topological polar surface area (TPSA) is 40.6 Å². The molecule has 0 unspecified atom stereocenters. The smallest absolute Gasteiger partial charge is 0.248 e. The summed E-state index contributed by atoms with van der Waals surface area (Å²) in [4.78, 5) is 28.9. The Morgan fingerprint density at radius 3 is 2.65 bits per heavy atom. The second kappa shape index (κ2) is 6.52. The molecule has 23 heavy (non-hydrogen) atoms. The van der Waals surface area contributed by atoms with Crippen molar-refractivity contribution >= 4 is 23.4 Å². The molecular weight excluding hydrogens is 312 g/mol. The largest absolute Gasteiger partial charge is 0.341 e. The first-order valence-electron chi connectivity index (χ1n) is 8.35. The molecule has 0 saturated carbocycles. The van der Waals surface area contributed by atoms with Crippen LogP contribution in [0.2, 0.25) is 5.02 Å². The van der Waals surface area contributed by atoms with Crippen molar-refractivity contribution in [3.63, 3.8) is 0 Å². The Kier molecular flexibility index (Phi) is 4.62. The minimum atomic E-state index is -0.692. The van der Waals surface area contributed by atoms with E-state index >= 15 is 0 Å². The molecule has 4 nitrogen and oxygen atoms in total. The van der Waals surface area contributed by atoms with E-state index in [1.165, 1.54) is 0 Å². The first-order chi connectivity index (χ1) is 11.0. The van der Waals surface area contributed by atoms with E-state index in [0.29, 0.717) is 30.8 Å². The average Bonchev–Trinajstić information content (AvgIpc) is 3.16. The zero-order valence-electron chi connectivity index (χ0n) is 13.6. The van der Waals surface area contributed by atoms with Crippen LogP contribution in [0.5, 0.6) is 0 Å². The molecule has 0 aliphatic carbocycles. The van der Waals surface area contributed by atoms with Gasteiger partial charge in [0, 0.05) is 31.1 Å². The third-order valence-corrected chi connectivity index (χ3v) is 5.51. The molecule has 0 spiro atoms. The first kappa shape index (κ1) is 16.3. The summed E-state index contributed by atoms with van der Waals surface area (Å²) < 4.78 is 0. The molecule has 5 heteroatoms. The number of hydrogen-bond donors (Lipinski definition) is 0. The number of likely N-dealkylation sites (tertiary alicyclic amines) is 2. The van der Waals surface area contributed by atoms with Crippen LogP contribution in [0.4, 0.5) is 0 Å². The Hall–Kier alpha value is -1.55. The van der Waals surface area contributed by atoms with Gasteiger partial charge in [-0.15, -0.1) is 0 Å². The molecule has 124 valence electrons. The summed E-state index contributed by atoms with van der Waals surface area (Å²) in [7, 11) is 0. The SMILES string of the molecule is C[C@@]1(C(=O)N2CCCC2)CCC(=O)N1CCc1ccccc1Cl. The Bertz CT molecular complexity index is 613. The van der Waals surface area contributed by atoms with Crippen molar-refractivity contribution in [2.24, 2.45) is 0 Å². The van der Waals surface area contributed by atoms with Crippen LogP contribution in [-0.4, -0.2) is 46.8 Å². The van der Waals surface area contributed by atoms with E-state index in [1.54, 1.807) is 4.90 Å². The lowest BCUT2D eigenvalue weighted by atomic mass is 9.96.